The van der Waals surface area contributed by atoms with Crippen molar-refractivity contribution in [3.8, 4) is 0 Å². The molecule has 0 spiro atoms. The van der Waals surface area contributed by atoms with Crippen LogP contribution in [0.25, 0.3) is 0 Å². The quantitative estimate of drug-likeness (QED) is 0.313. The molecular weight excluding hydrogens is 150 g/mol. The summed E-state index contributed by atoms with van der Waals surface area (Å²) in [7, 11) is 0. The fourth-order valence-corrected chi connectivity index (χ4v) is 1.52. The lowest BCUT2D eigenvalue weighted by Gasteiger charge is -2.33. The van der Waals surface area contributed by atoms with Gasteiger partial charge < -0.3 is 20.1 Å². The highest BCUT2D eigenvalue weighted by atomic mass is 16.6. The summed E-state index contributed by atoms with van der Waals surface area (Å²) in [6, 6.07) is 0. The summed E-state index contributed by atoms with van der Waals surface area (Å²) in [4.78, 5) is 0. The number of hydrogen-bond donors (Lipinski definition) is 4. The summed E-state index contributed by atoms with van der Waals surface area (Å²) < 4.78 is 5.12. The molecule has 2 saturated heterocycles. The minimum atomic E-state index is -1.09. The molecule has 64 valence electrons. The van der Waals surface area contributed by atoms with E-state index in [-0.39, 0.29) is 6.10 Å². The molecule has 2 bridgehead atoms. The van der Waals surface area contributed by atoms with Crippen LogP contribution in [0, 0.1) is 0 Å². The average Bonchev–Trinajstić information content (AvgIpc) is 2.44. The maximum atomic E-state index is 9.26. The fraction of sp³-hybridized carbons (Fsp3) is 1.00. The lowest BCUT2D eigenvalue weighted by atomic mass is 10.0. The number of fused-ring (bicyclic) bond motifs is 2. The van der Waals surface area contributed by atoms with E-state index in [9.17, 15) is 15.3 Å². The van der Waals surface area contributed by atoms with E-state index >= 15 is 0 Å². The Hall–Kier alpha value is -0.200. The Morgan fingerprint density at radius 3 is 2.55 bits per heavy atom. The smallest absolute Gasteiger partial charge is 0.137 e. The predicted octanol–water partition coefficient (Wildman–Crippen LogP) is -2.60. The van der Waals surface area contributed by atoms with Gasteiger partial charge >= 0.3 is 0 Å². The van der Waals surface area contributed by atoms with Gasteiger partial charge in [-0.1, -0.05) is 0 Å². The van der Waals surface area contributed by atoms with Crippen molar-refractivity contribution < 1.29 is 20.1 Å². The highest BCUT2D eigenvalue weighted by Gasteiger charge is 2.47. The normalized spacial score (nSPS) is 56.5. The molecule has 0 aromatic heterocycles. The van der Waals surface area contributed by atoms with Crippen molar-refractivity contribution in [1.82, 2.24) is 5.32 Å². The predicted molar refractivity (Wildman–Crippen MR) is 34.7 cm³/mol. The number of hydrogen-bond acceptors (Lipinski definition) is 5. The second-order valence-corrected chi connectivity index (χ2v) is 2.98. The summed E-state index contributed by atoms with van der Waals surface area (Å²) in [6.45, 7) is 0.486. The van der Waals surface area contributed by atoms with Gasteiger partial charge in [0.15, 0.2) is 0 Å². The van der Waals surface area contributed by atoms with Gasteiger partial charge in [-0.15, -0.1) is 0 Å². The van der Waals surface area contributed by atoms with Crippen molar-refractivity contribution in [3.63, 3.8) is 0 Å². The van der Waals surface area contributed by atoms with Gasteiger partial charge in [0, 0.05) is 6.54 Å². The van der Waals surface area contributed by atoms with Crippen molar-refractivity contribution in [3.05, 3.63) is 0 Å². The van der Waals surface area contributed by atoms with Gasteiger partial charge in [-0.05, 0) is 0 Å². The summed E-state index contributed by atoms with van der Waals surface area (Å²) in [6.07, 6.45) is -3.98. The van der Waals surface area contributed by atoms with Crippen molar-refractivity contribution in [2.75, 3.05) is 6.54 Å². The van der Waals surface area contributed by atoms with Crippen molar-refractivity contribution in [2.24, 2.45) is 0 Å². The minimum absolute atomic E-state index is 0.376. The molecule has 5 atom stereocenters. The Morgan fingerprint density at radius 2 is 1.82 bits per heavy atom. The van der Waals surface area contributed by atoms with E-state index < -0.39 is 24.5 Å². The summed E-state index contributed by atoms with van der Waals surface area (Å²) >= 11 is 0. The van der Waals surface area contributed by atoms with Gasteiger partial charge in [-0.2, -0.15) is 0 Å². The average molecular weight is 161 g/mol. The topological polar surface area (TPSA) is 82.0 Å². The van der Waals surface area contributed by atoms with Crippen LogP contribution in [0.2, 0.25) is 0 Å². The van der Waals surface area contributed by atoms with E-state index in [2.05, 4.69) is 5.32 Å². The first-order chi connectivity index (χ1) is 5.20. The first kappa shape index (κ1) is 7.45. The van der Waals surface area contributed by atoms with Crippen LogP contribution in [0.3, 0.4) is 0 Å². The Morgan fingerprint density at radius 1 is 1.09 bits per heavy atom. The number of ether oxygens (including phenoxy) is 1. The number of aliphatic hydroxyl groups is 3. The summed E-state index contributed by atoms with van der Waals surface area (Å²) in [5.74, 6) is 0. The third-order valence-corrected chi connectivity index (χ3v) is 2.23. The SMILES string of the molecule is OC1C2CNC(O2)C(O)C1O. The van der Waals surface area contributed by atoms with Gasteiger partial charge in [0.2, 0.25) is 0 Å². The molecule has 2 rings (SSSR count). The van der Waals surface area contributed by atoms with Crippen molar-refractivity contribution in [1.29, 1.82) is 0 Å². The molecule has 0 saturated carbocycles. The van der Waals surface area contributed by atoms with Gasteiger partial charge in [0.25, 0.3) is 0 Å². The molecule has 0 aromatic rings. The van der Waals surface area contributed by atoms with Gasteiger partial charge in [-0.25, -0.2) is 0 Å². The second kappa shape index (κ2) is 2.40. The van der Waals surface area contributed by atoms with Crippen molar-refractivity contribution in [2.45, 2.75) is 30.6 Å². The monoisotopic (exact) mass is 161 g/mol. The van der Waals surface area contributed by atoms with Gasteiger partial charge in [-0.3, -0.25) is 5.32 Å². The highest BCUT2D eigenvalue weighted by Crippen LogP contribution is 2.23. The largest absolute Gasteiger partial charge is 0.388 e. The van der Waals surface area contributed by atoms with Crippen LogP contribution < -0.4 is 5.32 Å². The first-order valence-electron chi connectivity index (χ1n) is 3.63. The Bertz CT molecular complexity index is 145. The molecule has 5 heteroatoms. The third-order valence-electron chi connectivity index (χ3n) is 2.23. The van der Waals surface area contributed by atoms with Crippen LogP contribution in [-0.4, -0.2) is 52.5 Å². The second-order valence-electron chi connectivity index (χ2n) is 2.98. The molecule has 2 aliphatic heterocycles. The van der Waals surface area contributed by atoms with E-state index in [0.29, 0.717) is 6.54 Å². The number of rotatable bonds is 0. The molecule has 0 aromatic carbocycles. The molecule has 4 N–H and O–H groups in total. The van der Waals surface area contributed by atoms with Gasteiger partial charge in [0.1, 0.15) is 30.6 Å². The van der Waals surface area contributed by atoms with Crippen LogP contribution in [0.15, 0.2) is 0 Å². The Labute approximate surface area is 63.6 Å². The van der Waals surface area contributed by atoms with Crippen LogP contribution >= 0.6 is 0 Å². The molecule has 0 aliphatic carbocycles. The molecule has 5 unspecified atom stereocenters. The highest BCUT2D eigenvalue weighted by molar-refractivity contribution is 4.96. The third kappa shape index (κ3) is 0.969. The van der Waals surface area contributed by atoms with Crippen molar-refractivity contribution >= 4 is 0 Å². The van der Waals surface area contributed by atoms with Crippen LogP contribution in [0.1, 0.15) is 0 Å². The van der Waals surface area contributed by atoms with E-state index in [1.54, 1.807) is 0 Å². The zero-order valence-electron chi connectivity index (χ0n) is 5.84. The lowest BCUT2D eigenvalue weighted by molar-refractivity contribution is -0.195. The summed E-state index contributed by atoms with van der Waals surface area (Å²) in [5, 5.41) is 30.5. The molecule has 11 heavy (non-hydrogen) atoms. The molecular formula is C6H11NO4. The van der Waals surface area contributed by atoms with E-state index in [4.69, 9.17) is 4.74 Å². The minimum Gasteiger partial charge on any atom is -0.388 e. The number of nitrogens with one attached hydrogen (secondary N) is 1. The molecule has 2 heterocycles. The molecule has 2 fully saturated rings. The van der Waals surface area contributed by atoms with E-state index in [0.717, 1.165) is 0 Å². The Balaban J connectivity index is 2.16. The maximum absolute atomic E-state index is 9.26. The molecule has 5 nitrogen and oxygen atoms in total. The Kier molecular flexibility index (Phi) is 1.62. The lowest BCUT2D eigenvalue weighted by Crippen LogP contribution is -2.54. The molecule has 0 amide bonds. The van der Waals surface area contributed by atoms with Crippen LogP contribution in [-0.2, 0) is 4.74 Å². The van der Waals surface area contributed by atoms with Crippen LogP contribution in [0.5, 0.6) is 0 Å². The summed E-state index contributed by atoms with van der Waals surface area (Å²) in [5.41, 5.74) is 0. The standard InChI is InChI=1S/C6H11NO4/c8-3-2-1-7-6(11-2)5(10)4(3)9/h2-10H,1H2. The maximum Gasteiger partial charge on any atom is 0.137 e. The van der Waals surface area contributed by atoms with E-state index in [1.165, 1.54) is 0 Å². The zero-order valence-corrected chi connectivity index (χ0v) is 5.84. The van der Waals surface area contributed by atoms with Gasteiger partial charge in [0.05, 0.1) is 0 Å². The number of aliphatic hydroxyl groups excluding tert-OH is 3. The van der Waals surface area contributed by atoms with E-state index in [1.807, 2.05) is 0 Å². The molecule has 0 radical (unpaired) electrons. The fourth-order valence-electron chi connectivity index (χ4n) is 1.52. The first-order valence-corrected chi connectivity index (χ1v) is 3.63. The molecule has 2 aliphatic rings. The van der Waals surface area contributed by atoms with Crippen LogP contribution in [0.4, 0.5) is 0 Å². The zero-order chi connectivity index (χ0) is 8.01.